The zero-order chi connectivity index (χ0) is 16.4. The van der Waals surface area contributed by atoms with Crippen LogP contribution < -0.4 is 5.73 Å². The molecule has 0 spiro atoms. The lowest BCUT2D eigenvalue weighted by Gasteiger charge is -2.17. The fraction of sp³-hybridized carbons (Fsp3) is 0.235. The Morgan fingerprint density at radius 2 is 2.04 bits per heavy atom. The molecule has 0 saturated carbocycles. The van der Waals surface area contributed by atoms with Gasteiger partial charge in [0.1, 0.15) is 9.71 Å². The SMILES string of the molecule is CCN(CC)C(=O)c1sc2nc(-c3cccnc3)ccc2c1N. The molecule has 2 N–H and O–H groups in total. The molecule has 0 saturated heterocycles. The van der Waals surface area contributed by atoms with Gasteiger partial charge in [-0.3, -0.25) is 9.78 Å². The van der Waals surface area contributed by atoms with E-state index >= 15 is 0 Å². The Kier molecular flexibility index (Phi) is 4.25. The molecular formula is C17H18N4OS. The number of fused-ring (bicyclic) bond motifs is 1. The lowest BCUT2D eigenvalue weighted by molar-refractivity contribution is 0.0779. The van der Waals surface area contributed by atoms with Crippen LogP contribution in [0.15, 0.2) is 36.7 Å². The van der Waals surface area contributed by atoms with E-state index in [-0.39, 0.29) is 5.91 Å². The van der Waals surface area contributed by atoms with E-state index in [0.717, 1.165) is 21.5 Å². The summed E-state index contributed by atoms with van der Waals surface area (Å²) >= 11 is 1.35. The van der Waals surface area contributed by atoms with Crippen LogP contribution in [-0.2, 0) is 0 Å². The number of carbonyl (C=O) groups is 1. The second kappa shape index (κ2) is 6.34. The maximum atomic E-state index is 12.6. The average Bonchev–Trinajstić information content (AvgIpc) is 2.93. The number of nitrogens with two attached hydrogens (primary N) is 1. The molecule has 0 atom stereocenters. The van der Waals surface area contributed by atoms with Crippen LogP contribution in [0.3, 0.4) is 0 Å². The number of nitrogen functional groups attached to an aromatic ring is 1. The Morgan fingerprint density at radius 3 is 2.70 bits per heavy atom. The molecule has 0 aromatic carbocycles. The summed E-state index contributed by atoms with van der Waals surface area (Å²) in [5, 5.41) is 0.832. The molecule has 3 rings (SSSR count). The third kappa shape index (κ3) is 2.77. The number of aromatic nitrogens is 2. The molecule has 0 aliphatic carbocycles. The van der Waals surface area contributed by atoms with Crippen molar-refractivity contribution < 1.29 is 4.79 Å². The van der Waals surface area contributed by atoms with Crippen molar-refractivity contribution in [2.24, 2.45) is 0 Å². The van der Waals surface area contributed by atoms with Crippen molar-refractivity contribution in [2.45, 2.75) is 13.8 Å². The quantitative estimate of drug-likeness (QED) is 0.797. The van der Waals surface area contributed by atoms with Crippen LogP contribution in [-0.4, -0.2) is 33.9 Å². The van der Waals surface area contributed by atoms with E-state index in [9.17, 15) is 4.79 Å². The molecule has 23 heavy (non-hydrogen) atoms. The van der Waals surface area contributed by atoms with Gasteiger partial charge >= 0.3 is 0 Å². The van der Waals surface area contributed by atoms with Crippen molar-refractivity contribution in [1.82, 2.24) is 14.9 Å². The predicted octanol–water partition coefficient (Wildman–Crippen LogP) is 3.42. The number of carbonyl (C=O) groups excluding carboxylic acids is 1. The highest BCUT2D eigenvalue weighted by Crippen LogP contribution is 2.34. The van der Waals surface area contributed by atoms with Gasteiger partial charge in [0.15, 0.2) is 0 Å². The molecule has 118 valence electrons. The number of hydrogen-bond donors (Lipinski definition) is 1. The fourth-order valence-electron chi connectivity index (χ4n) is 2.49. The van der Waals surface area contributed by atoms with Gasteiger partial charge in [0, 0.05) is 36.4 Å². The minimum absolute atomic E-state index is 0.0292. The van der Waals surface area contributed by atoms with Gasteiger partial charge in [0.2, 0.25) is 0 Å². The predicted molar refractivity (Wildman–Crippen MR) is 94.5 cm³/mol. The number of anilines is 1. The third-order valence-electron chi connectivity index (χ3n) is 3.80. The van der Waals surface area contributed by atoms with E-state index in [4.69, 9.17) is 5.73 Å². The number of hydrogen-bond acceptors (Lipinski definition) is 5. The zero-order valence-electron chi connectivity index (χ0n) is 13.1. The Labute approximate surface area is 138 Å². The minimum Gasteiger partial charge on any atom is -0.397 e. The summed E-state index contributed by atoms with van der Waals surface area (Å²) in [5.74, 6) is -0.0292. The first-order chi connectivity index (χ1) is 11.2. The summed E-state index contributed by atoms with van der Waals surface area (Å²) in [4.78, 5) is 24.4. The van der Waals surface area contributed by atoms with Crippen LogP contribution in [0.2, 0.25) is 0 Å². The number of nitrogens with zero attached hydrogens (tertiary/aromatic N) is 3. The summed E-state index contributed by atoms with van der Waals surface area (Å²) in [6.07, 6.45) is 3.50. The highest BCUT2D eigenvalue weighted by molar-refractivity contribution is 7.21. The topological polar surface area (TPSA) is 72.1 Å². The first-order valence-electron chi connectivity index (χ1n) is 7.54. The van der Waals surface area contributed by atoms with E-state index in [1.54, 1.807) is 17.3 Å². The fourth-order valence-corrected chi connectivity index (χ4v) is 3.55. The van der Waals surface area contributed by atoms with E-state index < -0.39 is 0 Å². The number of thiophene rings is 1. The second-order valence-electron chi connectivity index (χ2n) is 5.11. The molecule has 3 aromatic heterocycles. The second-order valence-corrected chi connectivity index (χ2v) is 6.11. The average molecular weight is 326 g/mol. The van der Waals surface area contributed by atoms with Gasteiger partial charge in [-0.05, 0) is 38.1 Å². The minimum atomic E-state index is -0.0292. The molecular weight excluding hydrogens is 308 g/mol. The van der Waals surface area contributed by atoms with E-state index in [1.807, 2.05) is 38.1 Å². The molecule has 3 aromatic rings. The van der Waals surface area contributed by atoms with Gasteiger partial charge in [-0.25, -0.2) is 4.98 Å². The van der Waals surface area contributed by atoms with Gasteiger partial charge in [-0.15, -0.1) is 11.3 Å². The monoisotopic (exact) mass is 326 g/mol. The molecule has 0 radical (unpaired) electrons. The number of amides is 1. The van der Waals surface area contributed by atoms with Crippen LogP contribution in [0.5, 0.6) is 0 Å². The summed E-state index contributed by atoms with van der Waals surface area (Å²) in [6, 6.07) is 7.67. The van der Waals surface area contributed by atoms with Crippen LogP contribution in [0.25, 0.3) is 21.5 Å². The Morgan fingerprint density at radius 1 is 1.26 bits per heavy atom. The lowest BCUT2D eigenvalue weighted by atomic mass is 10.1. The summed E-state index contributed by atoms with van der Waals surface area (Å²) in [5.41, 5.74) is 8.48. The maximum absolute atomic E-state index is 12.6. The van der Waals surface area contributed by atoms with E-state index in [0.29, 0.717) is 23.7 Å². The molecule has 0 aliphatic heterocycles. The van der Waals surface area contributed by atoms with Gasteiger partial charge in [-0.2, -0.15) is 0 Å². The number of rotatable bonds is 4. The molecule has 0 aliphatic rings. The summed E-state index contributed by atoms with van der Waals surface area (Å²) in [7, 11) is 0. The highest BCUT2D eigenvalue weighted by Gasteiger charge is 2.21. The van der Waals surface area contributed by atoms with Gasteiger partial charge in [0.05, 0.1) is 11.4 Å². The number of pyridine rings is 2. The van der Waals surface area contributed by atoms with Crippen LogP contribution >= 0.6 is 11.3 Å². The first kappa shape index (κ1) is 15.4. The van der Waals surface area contributed by atoms with Gasteiger partial charge in [-0.1, -0.05) is 0 Å². The van der Waals surface area contributed by atoms with Crippen LogP contribution in [0, 0.1) is 0 Å². The molecule has 1 amide bonds. The zero-order valence-corrected chi connectivity index (χ0v) is 13.9. The molecule has 0 bridgehead atoms. The van der Waals surface area contributed by atoms with Gasteiger partial charge < -0.3 is 10.6 Å². The molecule has 0 unspecified atom stereocenters. The molecule has 3 heterocycles. The van der Waals surface area contributed by atoms with Gasteiger partial charge in [0.25, 0.3) is 5.91 Å². The van der Waals surface area contributed by atoms with Crippen LogP contribution in [0.1, 0.15) is 23.5 Å². The Balaban J connectivity index is 2.07. The van der Waals surface area contributed by atoms with Crippen molar-refractivity contribution in [3.05, 3.63) is 41.5 Å². The Hall–Kier alpha value is -2.47. The largest absolute Gasteiger partial charge is 0.397 e. The summed E-state index contributed by atoms with van der Waals surface area (Å²) in [6.45, 7) is 5.25. The lowest BCUT2D eigenvalue weighted by Crippen LogP contribution is -2.30. The van der Waals surface area contributed by atoms with E-state index in [1.165, 1.54) is 11.3 Å². The van der Waals surface area contributed by atoms with Crippen LogP contribution in [0.4, 0.5) is 5.69 Å². The standard InChI is InChI=1S/C17H18N4OS/c1-3-21(4-2)17(22)15-14(18)12-7-8-13(20-16(12)23-15)11-6-5-9-19-10-11/h5-10H,3-4,18H2,1-2H3. The highest BCUT2D eigenvalue weighted by atomic mass is 32.1. The van der Waals surface area contributed by atoms with Crippen molar-refractivity contribution in [3.8, 4) is 11.3 Å². The van der Waals surface area contributed by atoms with Crippen molar-refractivity contribution in [2.75, 3.05) is 18.8 Å². The third-order valence-corrected chi connectivity index (χ3v) is 4.90. The van der Waals surface area contributed by atoms with Crippen molar-refractivity contribution in [3.63, 3.8) is 0 Å². The van der Waals surface area contributed by atoms with Crippen molar-refractivity contribution >= 4 is 33.1 Å². The maximum Gasteiger partial charge on any atom is 0.266 e. The Bertz CT molecular complexity index is 840. The molecule has 0 fully saturated rings. The smallest absolute Gasteiger partial charge is 0.266 e. The normalized spacial score (nSPS) is 10.9. The first-order valence-corrected chi connectivity index (χ1v) is 8.36. The summed E-state index contributed by atoms with van der Waals surface area (Å²) < 4.78 is 0. The molecule has 5 nitrogen and oxygen atoms in total. The van der Waals surface area contributed by atoms with E-state index in [2.05, 4.69) is 9.97 Å². The van der Waals surface area contributed by atoms with Crippen molar-refractivity contribution in [1.29, 1.82) is 0 Å². The molecule has 6 heteroatoms.